The first kappa shape index (κ1) is 22.4. The Hall–Kier alpha value is -3.80. The van der Waals surface area contributed by atoms with E-state index in [2.05, 4.69) is 15.4 Å². The van der Waals surface area contributed by atoms with Crippen LogP contribution in [0, 0.1) is 27.2 Å². The smallest absolute Gasteiger partial charge is 0.301 e. The molecular formula is C21H24N6O6. The van der Waals surface area contributed by atoms with E-state index in [-0.39, 0.29) is 17.3 Å². The number of piperazine rings is 1. The molecule has 1 N–H and O–H groups in total. The fourth-order valence-corrected chi connectivity index (χ4v) is 4.14. The number of nitro benzene ring substituents is 2. The number of fused-ring (bicyclic) bond motifs is 1. The lowest BCUT2D eigenvalue weighted by Crippen LogP contribution is -2.47. The predicted octanol–water partition coefficient (Wildman–Crippen LogP) is 2.94. The molecule has 2 aliphatic rings. The maximum absolute atomic E-state index is 13.1. The van der Waals surface area contributed by atoms with Gasteiger partial charge in [0, 0.05) is 49.8 Å². The number of anilines is 1. The summed E-state index contributed by atoms with van der Waals surface area (Å²) in [5, 5.41) is 26.7. The number of rotatable bonds is 5. The van der Waals surface area contributed by atoms with Gasteiger partial charge in [-0.15, -0.1) is 0 Å². The molecule has 0 saturated carbocycles. The molecule has 0 radical (unpaired) electrons. The Balaban J connectivity index is 1.62. The monoisotopic (exact) mass is 456 g/mol. The minimum absolute atomic E-state index is 0.0418. The summed E-state index contributed by atoms with van der Waals surface area (Å²) in [4.78, 5) is 38.0. The van der Waals surface area contributed by atoms with E-state index in [1.54, 1.807) is 4.90 Å². The van der Waals surface area contributed by atoms with Crippen molar-refractivity contribution in [2.24, 2.45) is 5.10 Å². The number of carbonyl (C=O) groups excluding carboxylic acids is 1. The second kappa shape index (κ2) is 8.98. The molecule has 33 heavy (non-hydrogen) atoms. The molecule has 0 atom stereocenters. The Bertz CT molecular complexity index is 1150. The highest BCUT2D eigenvalue weighted by atomic mass is 16.6. The molecule has 1 fully saturated rings. The van der Waals surface area contributed by atoms with Crippen LogP contribution in [0.4, 0.5) is 17.1 Å². The number of non-ortho nitro benzene ring substituents is 1. The number of carbonyl (C=O) groups is 1. The first-order chi connectivity index (χ1) is 15.8. The number of nitrogens with zero attached hydrogens (tertiary/aromatic N) is 5. The average Bonchev–Trinajstić information content (AvgIpc) is 3.14. The number of furan rings is 1. The molecule has 1 aliphatic heterocycles. The highest BCUT2D eigenvalue weighted by molar-refractivity contribution is 6.06. The van der Waals surface area contributed by atoms with E-state index in [9.17, 15) is 25.0 Å². The van der Waals surface area contributed by atoms with Gasteiger partial charge in [-0.25, -0.2) is 0 Å². The van der Waals surface area contributed by atoms with Gasteiger partial charge >= 0.3 is 5.69 Å². The fraction of sp³-hybridized carbons (Fsp3) is 0.429. The molecule has 0 bridgehead atoms. The number of nitro groups is 2. The van der Waals surface area contributed by atoms with Gasteiger partial charge in [-0.2, -0.15) is 5.10 Å². The molecule has 174 valence electrons. The van der Waals surface area contributed by atoms with Crippen LogP contribution in [0.15, 0.2) is 27.7 Å². The van der Waals surface area contributed by atoms with E-state index in [4.69, 9.17) is 4.42 Å². The number of benzene rings is 1. The Morgan fingerprint density at radius 1 is 1.12 bits per heavy atom. The van der Waals surface area contributed by atoms with Crippen LogP contribution in [-0.2, 0) is 6.42 Å². The molecule has 1 amide bonds. The molecule has 1 aromatic heterocycles. The summed E-state index contributed by atoms with van der Waals surface area (Å²) < 4.78 is 5.97. The maximum atomic E-state index is 13.1. The zero-order valence-corrected chi connectivity index (χ0v) is 18.4. The van der Waals surface area contributed by atoms with E-state index in [0.29, 0.717) is 48.7 Å². The maximum Gasteiger partial charge on any atom is 0.301 e. The summed E-state index contributed by atoms with van der Waals surface area (Å²) in [6, 6.07) is 3.33. The van der Waals surface area contributed by atoms with E-state index >= 15 is 0 Å². The first-order valence-electron chi connectivity index (χ1n) is 10.6. The summed E-state index contributed by atoms with van der Waals surface area (Å²) in [6.45, 7) is 4.69. The van der Waals surface area contributed by atoms with Gasteiger partial charge < -0.3 is 14.2 Å². The minimum Gasteiger partial charge on any atom is -0.455 e. The first-order valence-corrected chi connectivity index (χ1v) is 10.6. The van der Waals surface area contributed by atoms with Gasteiger partial charge in [0.1, 0.15) is 11.4 Å². The van der Waals surface area contributed by atoms with Crippen molar-refractivity contribution in [3.63, 3.8) is 0 Å². The largest absolute Gasteiger partial charge is 0.455 e. The molecule has 2 heterocycles. The second-order valence-corrected chi connectivity index (χ2v) is 8.19. The van der Waals surface area contributed by atoms with Crippen molar-refractivity contribution >= 4 is 28.7 Å². The lowest BCUT2D eigenvalue weighted by atomic mass is 9.93. The van der Waals surface area contributed by atoms with Crippen LogP contribution < -0.4 is 5.43 Å². The van der Waals surface area contributed by atoms with Crippen molar-refractivity contribution in [3.8, 4) is 0 Å². The average molecular weight is 456 g/mol. The zero-order valence-electron chi connectivity index (χ0n) is 18.4. The van der Waals surface area contributed by atoms with Crippen LogP contribution in [0.3, 0.4) is 0 Å². The lowest BCUT2D eigenvalue weighted by Gasteiger charge is -2.31. The topological polar surface area (TPSA) is 147 Å². The summed E-state index contributed by atoms with van der Waals surface area (Å²) in [5.74, 6) is 0.837. The summed E-state index contributed by atoms with van der Waals surface area (Å²) in [7, 11) is 2.02. The van der Waals surface area contributed by atoms with Crippen LogP contribution in [0.5, 0.6) is 0 Å². The molecule has 1 saturated heterocycles. The van der Waals surface area contributed by atoms with Gasteiger partial charge in [-0.05, 0) is 32.9 Å². The number of hydrogen-bond donors (Lipinski definition) is 1. The Labute approximate surface area is 189 Å². The Morgan fingerprint density at radius 2 is 1.85 bits per heavy atom. The molecule has 0 unspecified atom stereocenters. The van der Waals surface area contributed by atoms with E-state index in [1.807, 2.05) is 14.0 Å². The molecule has 1 aliphatic carbocycles. The summed E-state index contributed by atoms with van der Waals surface area (Å²) in [6.07, 6.45) is 2.02. The molecule has 12 nitrogen and oxygen atoms in total. The van der Waals surface area contributed by atoms with Gasteiger partial charge in [-0.3, -0.25) is 30.4 Å². The van der Waals surface area contributed by atoms with Gasteiger partial charge in [-0.1, -0.05) is 0 Å². The quantitative estimate of drug-likeness (QED) is 0.533. The standard InChI is InChI=1S/C21H24N6O6/c1-13-19-16(23-22-15-7-6-14(26(29)30)12-17(15)27(31)32)4-3-5-18(19)33-20(13)21(28)25-10-8-24(2)9-11-25/h6-7,12,22H,3-5,8-11H2,1-2H3/b23-16+. The number of hydrazone groups is 1. The van der Waals surface area contributed by atoms with Crippen LogP contribution >= 0.6 is 0 Å². The number of amides is 1. The third-order valence-corrected chi connectivity index (χ3v) is 6.01. The van der Waals surface area contributed by atoms with Crippen LogP contribution in [-0.4, -0.2) is 64.5 Å². The number of nitrogens with one attached hydrogen (secondary N) is 1. The van der Waals surface area contributed by atoms with Crippen molar-refractivity contribution in [1.29, 1.82) is 0 Å². The fourth-order valence-electron chi connectivity index (χ4n) is 4.14. The van der Waals surface area contributed by atoms with Crippen molar-refractivity contribution in [1.82, 2.24) is 9.80 Å². The van der Waals surface area contributed by atoms with Gasteiger partial charge in [0.2, 0.25) is 0 Å². The van der Waals surface area contributed by atoms with Crippen molar-refractivity contribution < 1.29 is 19.1 Å². The van der Waals surface area contributed by atoms with Gasteiger partial charge in [0.15, 0.2) is 5.76 Å². The summed E-state index contributed by atoms with van der Waals surface area (Å²) in [5.41, 5.74) is 3.98. The van der Waals surface area contributed by atoms with Gasteiger partial charge in [0.05, 0.1) is 21.6 Å². The predicted molar refractivity (Wildman–Crippen MR) is 120 cm³/mol. The van der Waals surface area contributed by atoms with Gasteiger partial charge in [0.25, 0.3) is 11.6 Å². The van der Waals surface area contributed by atoms with Crippen LogP contribution in [0.2, 0.25) is 0 Å². The molecule has 2 aromatic rings. The van der Waals surface area contributed by atoms with Crippen LogP contribution in [0.25, 0.3) is 0 Å². The minimum atomic E-state index is -0.697. The van der Waals surface area contributed by atoms with E-state index in [0.717, 1.165) is 31.1 Å². The zero-order chi connectivity index (χ0) is 23.7. The third-order valence-electron chi connectivity index (χ3n) is 6.01. The molecular weight excluding hydrogens is 432 g/mol. The van der Waals surface area contributed by atoms with E-state index in [1.165, 1.54) is 12.1 Å². The SMILES string of the molecule is Cc1c(C(=O)N2CCN(C)CC2)oc2c1/C(=N/Nc1ccc([N+](=O)[O-])cc1[N+](=O)[O-])CCC2. The molecule has 1 aromatic carbocycles. The van der Waals surface area contributed by atoms with Crippen molar-refractivity contribution in [3.05, 3.63) is 61.1 Å². The number of aryl methyl sites for hydroxylation is 1. The normalized spacial score (nSPS) is 17.6. The highest BCUT2D eigenvalue weighted by Crippen LogP contribution is 2.32. The Morgan fingerprint density at radius 3 is 2.52 bits per heavy atom. The third kappa shape index (κ3) is 4.42. The second-order valence-electron chi connectivity index (χ2n) is 8.19. The number of hydrogen-bond acceptors (Lipinski definition) is 9. The molecule has 0 spiro atoms. The molecule has 4 rings (SSSR count). The van der Waals surface area contributed by atoms with Crippen molar-refractivity contribution in [2.75, 3.05) is 38.7 Å². The summed E-state index contributed by atoms with van der Waals surface area (Å²) >= 11 is 0. The Kier molecular flexibility index (Phi) is 6.09. The van der Waals surface area contributed by atoms with Crippen LogP contribution in [0.1, 0.15) is 40.3 Å². The lowest BCUT2D eigenvalue weighted by molar-refractivity contribution is -0.393. The number of likely N-dealkylation sites (N-methyl/N-ethyl adjacent to an activating group) is 1. The molecule has 12 heteroatoms. The highest BCUT2D eigenvalue weighted by Gasteiger charge is 2.31. The van der Waals surface area contributed by atoms with Crippen molar-refractivity contribution in [2.45, 2.75) is 26.2 Å². The van der Waals surface area contributed by atoms with E-state index < -0.39 is 15.5 Å².